The number of fused-ring (bicyclic) bond motifs is 1. The zero-order valence-corrected chi connectivity index (χ0v) is 18.9. The van der Waals surface area contributed by atoms with Crippen LogP contribution in [-0.4, -0.2) is 46.4 Å². The van der Waals surface area contributed by atoms with E-state index in [-0.39, 0.29) is 0 Å². The highest BCUT2D eigenvalue weighted by molar-refractivity contribution is 5.65. The summed E-state index contributed by atoms with van der Waals surface area (Å²) in [5.41, 5.74) is 4.75. The first-order chi connectivity index (χ1) is 16.7. The van der Waals surface area contributed by atoms with Gasteiger partial charge in [0, 0.05) is 49.3 Å². The van der Waals surface area contributed by atoms with Gasteiger partial charge in [0.25, 0.3) is 0 Å². The average Bonchev–Trinajstić information content (AvgIpc) is 3.54. The molecule has 10 nitrogen and oxygen atoms in total. The summed E-state index contributed by atoms with van der Waals surface area (Å²) >= 11 is 0. The van der Waals surface area contributed by atoms with Crippen LogP contribution in [0, 0.1) is 0 Å². The maximum Gasteiger partial charge on any atom is 0.228 e. The van der Waals surface area contributed by atoms with E-state index in [9.17, 15) is 0 Å². The lowest BCUT2D eigenvalue weighted by Gasteiger charge is -2.09. The molecule has 6 rings (SSSR count). The smallest absolute Gasteiger partial charge is 0.228 e. The maximum absolute atomic E-state index is 5.50. The predicted molar refractivity (Wildman–Crippen MR) is 126 cm³/mol. The van der Waals surface area contributed by atoms with E-state index in [2.05, 4.69) is 41.6 Å². The van der Waals surface area contributed by atoms with Crippen LogP contribution in [0.15, 0.2) is 55.1 Å². The van der Waals surface area contributed by atoms with Crippen LogP contribution >= 0.6 is 0 Å². The normalized spacial score (nSPS) is 13.4. The maximum atomic E-state index is 5.50. The Morgan fingerprint density at radius 1 is 1.09 bits per heavy atom. The summed E-state index contributed by atoms with van der Waals surface area (Å²) in [6.45, 7) is 0. The minimum absolute atomic E-state index is 0.498. The molecular formula is C24H23N9O. The molecular weight excluding hydrogens is 430 g/mol. The van der Waals surface area contributed by atoms with Crippen molar-refractivity contribution in [3.8, 4) is 17.1 Å². The van der Waals surface area contributed by atoms with Crippen LogP contribution in [-0.2, 0) is 13.5 Å². The van der Waals surface area contributed by atoms with E-state index in [4.69, 9.17) is 4.74 Å². The van der Waals surface area contributed by atoms with E-state index >= 15 is 0 Å². The molecule has 1 aliphatic carbocycles. The van der Waals surface area contributed by atoms with Gasteiger partial charge < -0.3 is 10.1 Å². The van der Waals surface area contributed by atoms with Gasteiger partial charge in [-0.25, -0.2) is 15.0 Å². The number of rotatable bonds is 7. The molecule has 1 saturated carbocycles. The Kier molecular flexibility index (Phi) is 4.90. The summed E-state index contributed by atoms with van der Waals surface area (Å²) in [4.78, 5) is 13.5. The number of nitrogens with zero attached hydrogens (tertiary/aromatic N) is 8. The fourth-order valence-electron chi connectivity index (χ4n) is 4.05. The van der Waals surface area contributed by atoms with E-state index in [1.165, 1.54) is 18.4 Å². The van der Waals surface area contributed by atoms with Gasteiger partial charge in [-0.15, -0.1) is 10.2 Å². The summed E-state index contributed by atoms with van der Waals surface area (Å²) in [5.74, 6) is 3.40. The Balaban J connectivity index is 1.28. The zero-order chi connectivity index (χ0) is 23.1. The largest absolute Gasteiger partial charge is 0.481 e. The third-order valence-corrected chi connectivity index (χ3v) is 6.03. The first kappa shape index (κ1) is 20.3. The fourth-order valence-corrected chi connectivity index (χ4v) is 4.05. The molecule has 0 bridgehead atoms. The molecule has 1 N–H and O–H groups in total. The van der Waals surface area contributed by atoms with Gasteiger partial charge in [0.15, 0.2) is 5.65 Å². The van der Waals surface area contributed by atoms with Crippen LogP contribution in [0.1, 0.15) is 35.7 Å². The van der Waals surface area contributed by atoms with Gasteiger partial charge in [-0.1, -0.05) is 0 Å². The molecule has 0 radical (unpaired) electrons. The SMILES string of the molecule is COc1ncc(C2CC2)cc1Cc1nnc2cc(-c3ccnc(Nc4ccnn4C)n3)ccn12. The lowest BCUT2D eigenvalue weighted by molar-refractivity contribution is 0.392. The summed E-state index contributed by atoms with van der Waals surface area (Å²) in [7, 11) is 3.51. The minimum atomic E-state index is 0.498. The van der Waals surface area contributed by atoms with Crippen LogP contribution in [0.5, 0.6) is 5.88 Å². The highest BCUT2D eigenvalue weighted by atomic mass is 16.5. The van der Waals surface area contributed by atoms with Crippen molar-refractivity contribution in [1.82, 2.24) is 39.3 Å². The molecule has 0 spiro atoms. The molecule has 0 unspecified atom stereocenters. The van der Waals surface area contributed by atoms with Crippen molar-refractivity contribution >= 4 is 17.4 Å². The number of anilines is 2. The van der Waals surface area contributed by atoms with E-state index in [0.29, 0.717) is 24.2 Å². The molecule has 1 aliphatic rings. The lowest BCUT2D eigenvalue weighted by Crippen LogP contribution is -2.03. The first-order valence-electron chi connectivity index (χ1n) is 11.1. The van der Waals surface area contributed by atoms with Crippen molar-refractivity contribution in [2.24, 2.45) is 7.05 Å². The Morgan fingerprint density at radius 2 is 2.00 bits per heavy atom. The number of nitrogens with one attached hydrogen (secondary N) is 1. The van der Waals surface area contributed by atoms with Gasteiger partial charge in [0.05, 0.1) is 19.0 Å². The first-order valence-corrected chi connectivity index (χ1v) is 11.1. The molecule has 0 saturated heterocycles. The number of hydrogen-bond donors (Lipinski definition) is 1. The standard InChI is InChI=1S/C24H23N9O/c1-32-20(6-9-27-32)29-24-25-8-5-19(28-24)16-7-10-33-21(12-16)30-31-22(33)13-17-11-18(15-3-4-15)14-26-23(17)34-2/h5-12,14-15H,3-4,13H2,1-2H3,(H,25,28,29). The second-order valence-corrected chi connectivity index (χ2v) is 8.38. The van der Waals surface area contributed by atoms with Crippen molar-refractivity contribution in [3.63, 3.8) is 0 Å². The molecule has 5 aromatic rings. The van der Waals surface area contributed by atoms with Gasteiger partial charge in [-0.2, -0.15) is 5.10 Å². The molecule has 5 aromatic heterocycles. The van der Waals surface area contributed by atoms with Crippen molar-refractivity contribution in [2.45, 2.75) is 25.2 Å². The molecule has 170 valence electrons. The Morgan fingerprint density at radius 3 is 2.79 bits per heavy atom. The average molecular weight is 454 g/mol. The number of aromatic nitrogens is 8. The van der Waals surface area contributed by atoms with Gasteiger partial charge >= 0.3 is 0 Å². The van der Waals surface area contributed by atoms with Crippen molar-refractivity contribution in [2.75, 3.05) is 12.4 Å². The van der Waals surface area contributed by atoms with Crippen molar-refractivity contribution < 1.29 is 4.74 Å². The highest BCUT2D eigenvalue weighted by Crippen LogP contribution is 2.40. The van der Waals surface area contributed by atoms with Gasteiger partial charge in [0.1, 0.15) is 11.6 Å². The second-order valence-electron chi connectivity index (χ2n) is 8.38. The summed E-state index contributed by atoms with van der Waals surface area (Å²) < 4.78 is 9.22. The third kappa shape index (κ3) is 3.83. The van der Waals surface area contributed by atoms with Crippen LogP contribution in [0.3, 0.4) is 0 Å². The quantitative estimate of drug-likeness (QED) is 0.399. The van der Waals surface area contributed by atoms with Crippen LogP contribution in [0.2, 0.25) is 0 Å². The molecule has 1 fully saturated rings. The number of pyridine rings is 2. The van der Waals surface area contributed by atoms with E-state index in [1.807, 2.05) is 48.1 Å². The summed E-state index contributed by atoms with van der Waals surface area (Å²) in [6.07, 6.45) is 10.4. The number of aryl methyl sites for hydroxylation is 1. The number of methoxy groups -OCH3 is 1. The topological polar surface area (TPSA) is 108 Å². The van der Waals surface area contributed by atoms with Gasteiger partial charge in [-0.05, 0) is 48.6 Å². The van der Waals surface area contributed by atoms with Gasteiger partial charge in [0.2, 0.25) is 11.8 Å². The second kappa shape index (κ2) is 8.22. The molecule has 34 heavy (non-hydrogen) atoms. The third-order valence-electron chi connectivity index (χ3n) is 6.03. The molecule has 0 aromatic carbocycles. The number of hydrogen-bond acceptors (Lipinski definition) is 8. The van der Waals surface area contributed by atoms with Crippen molar-refractivity contribution in [1.29, 1.82) is 0 Å². The van der Waals surface area contributed by atoms with E-state index < -0.39 is 0 Å². The molecule has 0 amide bonds. The van der Waals surface area contributed by atoms with Gasteiger partial charge in [-0.3, -0.25) is 9.08 Å². The fraction of sp³-hybridized carbons (Fsp3) is 0.250. The Bertz CT molecular complexity index is 1490. The molecule has 10 heteroatoms. The Labute approximate surface area is 195 Å². The monoisotopic (exact) mass is 453 g/mol. The van der Waals surface area contributed by atoms with E-state index in [0.717, 1.165) is 34.1 Å². The zero-order valence-electron chi connectivity index (χ0n) is 18.9. The van der Waals surface area contributed by atoms with Crippen LogP contribution in [0.4, 0.5) is 11.8 Å². The minimum Gasteiger partial charge on any atom is -0.481 e. The summed E-state index contributed by atoms with van der Waals surface area (Å²) in [5, 5.41) is 16.2. The Hall–Kier alpha value is -4.34. The van der Waals surface area contributed by atoms with Crippen LogP contribution in [0.25, 0.3) is 16.9 Å². The number of ether oxygens (including phenoxy) is 1. The highest BCUT2D eigenvalue weighted by Gasteiger charge is 2.25. The molecule has 0 atom stereocenters. The molecule has 0 aliphatic heterocycles. The van der Waals surface area contributed by atoms with Crippen LogP contribution < -0.4 is 10.1 Å². The molecule has 5 heterocycles. The predicted octanol–water partition coefficient (Wildman–Crippen LogP) is 3.54. The summed E-state index contributed by atoms with van der Waals surface area (Å²) in [6, 6.07) is 9.91. The lowest BCUT2D eigenvalue weighted by atomic mass is 10.1. The van der Waals surface area contributed by atoms with E-state index in [1.54, 1.807) is 24.2 Å². The van der Waals surface area contributed by atoms with Crippen molar-refractivity contribution in [3.05, 3.63) is 72.1 Å².